The molecule has 0 bridgehead atoms. The summed E-state index contributed by atoms with van der Waals surface area (Å²) in [5.41, 5.74) is 6.82. The molecule has 20 heavy (non-hydrogen) atoms. The van der Waals surface area contributed by atoms with Crippen molar-refractivity contribution in [1.29, 1.82) is 0 Å². The van der Waals surface area contributed by atoms with Crippen LogP contribution in [0.1, 0.15) is 38.5 Å². The molecule has 0 aromatic heterocycles. The summed E-state index contributed by atoms with van der Waals surface area (Å²) < 4.78 is 22.7. The number of hydrogen-bond donors (Lipinski definition) is 3. The van der Waals surface area contributed by atoms with Crippen molar-refractivity contribution in [1.82, 2.24) is 0 Å². The Morgan fingerprint density at radius 3 is 2.50 bits per heavy atom. The van der Waals surface area contributed by atoms with Crippen molar-refractivity contribution in [3.05, 3.63) is 18.2 Å². The highest BCUT2D eigenvalue weighted by molar-refractivity contribution is 7.89. The molecule has 0 saturated heterocycles. The summed E-state index contributed by atoms with van der Waals surface area (Å²) in [6.07, 6.45) is 7.75. The van der Waals surface area contributed by atoms with Crippen LogP contribution in [0.15, 0.2) is 23.1 Å². The number of nitrogen functional groups attached to an aromatic ring is 1. The maximum absolute atomic E-state index is 11.4. The molecule has 0 amide bonds. The number of rotatable bonds is 5. The summed E-state index contributed by atoms with van der Waals surface area (Å²) in [5.74, 6) is 0.787. The van der Waals surface area contributed by atoms with Gasteiger partial charge in [-0.2, -0.15) is 0 Å². The Bertz CT molecular complexity index is 552. The molecule has 112 valence electrons. The molecule has 6 heteroatoms. The van der Waals surface area contributed by atoms with Gasteiger partial charge >= 0.3 is 0 Å². The second kappa shape index (κ2) is 6.45. The topological polar surface area (TPSA) is 98.2 Å². The van der Waals surface area contributed by atoms with Crippen molar-refractivity contribution in [3.8, 4) is 0 Å². The third kappa shape index (κ3) is 4.38. The zero-order chi connectivity index (χ0) is 14.6. The standard InChI is InChI=1S/C14H23N3O2S/c15-12-8-13(10-14(9-12)20(16,18)19)17-7-6-11-4-2-1-3-5-11/h8-11,17H,1-7,15H2,(H2,16,18,19). The Kier molecular flexibility index (Phi) is 4.88. The molecule has 1 fully saturated rings. The first-order chi connectivity index (χ1) is 9.45. The van der Waals surface area contributed by atoms with Crippen LogP contribution < -0.4 is 16.2 Å². The lowest BCUT2D eigenvalue weighted by Gasteiger charge is -2.21. The summed E-state index contributed by atoms with van der Waals surface area (Å²) >= 11 is 0. The van der Waals surface area contributed by atoms with E-state index in [1.807, 2.05) is 0 Å². The van der Waals surface area contributed by atoms with Gasteiger partial charge in [0.15, 0.2) is 0 Å². The maximum atomic E-state index is 11.4. The number of hydrogen-bond acceptors (Lipinski definition) is 4. The van der Waals surface area contributed by atoms with Crippen LogP contribution in [-0.2, 0) is 10.0 Å². The number of sulfonamides is 1. The van der Waals surface area contributed by atoms with E-state index < -0.39 is 10.0 Å². The minimum atomic E-state index is -3.71. The van der Waals surface area contributed by atoms with E-state index in [4.69, 9.17) is 10.9 Å². The van der Waals surface area contributed by atoms with Crippen LogP contribution in [0.4, 0.5) is 11.4 Å². The predicted molar refractivity (Wildman–Crippen MR) is 81.9 cm³/mol. The Balaban J connectivity index is 1.94. The molecule has 0 spiro atoms. The third-order valence-corrected chi connectivity index (χ3v) is 4.76. The first kappa shape index (κ1) is 15.1. The van der Waals surface area contributed by atoms with Gasteiger partial charge in [-0.3, -0.25) is 0 Å². The second-order valence-corrected chi connectivity index (χ2v) is 7.12. The quantitative estimate of drug-likeness (QED) is 0.726. The molecular weight excluding hydrogens is 274 g/mol. The van der Waals surface area contributed by atoms with Gasteiger partial charge in [0.25, 0.3) is 0 Å². The lowest BCUT2D eigenvalue weighted by Crippen LogP contribution is -2.14. The molecule has 0 aliphatic heterocycles. The average Bonchev–Trinajstić information content (AvgIpc) is 2.38. The van der Waals surface area contributed by atoms with E-state index in [1.165, 1.54) is 44.2 Å². The number of nitrogens with two attached hydrogens (primary N) is 2. The van der Waals surface area contributed by atoms with Crippen LogP contribution in [0.3, 0.4) is 0 Å². The van der Waals surface area contributed by atoms with Gasteiger partial charge in [0.2, 0.25) is 10.0 Å². The summed E-state index contributed by atoms with van der Waals surface area (Å²) in [5, 5.41) is 8.37. The van der Waals surface area contributed by atoms with E-state index >= 15 is 0 Å². The smallest absolute Gasteiger partial charge is 0.238 e. The molecule has 1 aliphatic carbocycles. The van der Waals surface area contributed by atoms with Gasteiger partial charge in [-0.05, 0) is 30.5 Å². The van der Waals surface area contributed by atoms with E-state index in [-0.39, 0.29) is 4.90 Å². The van der Waals surface area contributed by atoms with Gasteiger partial charge in [0, 0.05) is 17.9 Å². The van der Waals surface area contributed by atoms with E-state index in [2.05, 4.69) is 5.32 Å². The molecule has 0 unspecified atom stereocenters. The highest BCUT2D eigenvalue weighted by Crippen LogP contribution is 2.26. The number of benzene rings is 1. The molecule has 5 N–H and O–H groups in total. The minimum absolute atomic E-state index is 0.0534. The van der Waals surface area contributed by atoms with Gasteiger partial charge in [-0.15, -0.1) is 0 Å². The SMILES string of the molecule is Nc1cc(NCCC2CCCCC2)cc(S(N)(=O)=O)c1. The first-order valence-electron chi connectivity index (χ1n) is 7.12. The van der Waals surface area contributed by atoms with Gasteiger partial charge in [0.1, 0.15) is 0 Å². The van der Waals surface area contributed by atoms with E-state index in [0.29, 0.717) is 11.4 Å². The van der Waals surface area contributed by atoms with E-state index in [9.17, 15) is 8.42 Å². The van der Waals surface area contributed by atoms with Crippen LogP contribution in [0.25, 0.3) is 0 Å². The summed E-state index contributed by atoms with van der Waals surface area (Å²) in [6.45, 7) is 0.832. The van der Waals surface area contributed by atoms with Crippen molar-refractivity contribution in [2.24, 2.45) is 11.1 Å². The van der Waals surface area contributed by atoms with Crippen LogP contribution in [0, 0.1) is 5.92 Å². The van der Waals surface area contributed by atoms with Crippen molar-refractivity contribution in [2.45, 2.75) is 43.4 Å². The van der Waals surface area contributed by atoms with Gasteiger partial charge in [0.05, 0.1) is 4.90 Å². The molecule has 1 aliphatic rings. The zero-order valence-electron chi connectivity index (χ0n) is 11.6. The summed E-state index contributed by atoms with van der Waals surface area (Å²) in [4.78, 5) is 0.0534. The fourth-order valence-electron chi connectivity index (χ4n) is 2.78. The number of nitrogens with one attached hydrogen (secondary N) is 1. The largest absolute Gasteiger partial charge is 0.399 e. The molecule has 5 nitrogen and oxygen atoms in total. The zero-order valence-corrected chi connectivity index (χ0v) is 12.5. The Morgan fingerprint density at radius 2 is 1.85 bits per heavy atom. The predicted octanol–water partition coefficient (Wildman–Crippen LogP) is 2.30. The number of anilines is 2. The fourth-order valence-corrected chi connectivity index (χ4v) is 3.38. The average molecular weight is 297 g/mol. The molecule has 0 atom stereocenters. The molecule has 1 saturated carbocycles. The van der Waals surface area contributed by atoms with Gasteiger partial charge < -0.3 is 11.1 Å². The van der Waals surface area contributed by atoms with Gasteiger partial charge in [-0.1, -0.05) is 32.1 Å². The van der Waals surface area contributed by atoms with Crippen LogP contribution in [0.5, 0.6) is 0 Å². The van der Waals surface area contributed by atoms with E-state index in [1.54, 1.807) is 6.07 Å². The highest BCUT2D eigenvalue weighted by Gasteiger charge is 2.13. The minimum Gasteiger partial charge on any atom is -0.399 e. The Hall–Kier alpha value is -1.27. The lowest BCUT2D eigenvalue weighted by molar-refractivity contribution is 0.345. The molecule has 2 rings (SSSR count). The molecule has 0 radical (unpaired) electrons. The van der Waals surface area contributed by atoms with Crippen LogP contribution in [0.2, 0.25) is 0 Å². The molecule has 0 heterocycles. The third-order valence-electron chi connectivity index (χ3n) is 3.86. The second-order valence-electron chi connectivity index (χ2n) is 5.56. The summed E-state index contributed by atoms with van der Waals surface area (Å²) in [7, 11) is -3.71. The highest BCUT2D eigenvalue weighted by atomic mass is 32.2. The molecular formula is C14H23N3O2S. The summed E-state index contributed by atoms with van der Waals surface area (Å²) in [6, 6.07) is 4.64. The Morgan fingerprint density at radius 1 is 1.15 bits per heavy atom. The molecule has 1 aromatic carbocycles. The molecule has 1 aromatic rings. The van der Waals surface area contributed by atoms with Crippen molar-refractivity contribution < 1.29 is 8.42 Å². The maximum Gasteiger partial charge on any atom is 0.238 e. The van der Waals surface area contributed by atoms with Crippen LogP contribution >= 0.6 is 0 Å². The Labute approximate surface area is 120 Å². The van der Waals surface area contributed by atoms with Crippen molar-refractivity contribution >= 4 is 21.4 Å². The fraction of sp³-hybridized carbons (Fsp3) is 0.571. The van der Waals surface area contributed by atoms with E-state index in [0.717, 1.165) is 18.9 Å². The first-order valence-corrected chi connectivity index (χ1v) is 8.67. The lowest BCUT2D eigenvalue weighted by atomic mass is 9.87. The van der Waals surface area contributed by atoms with Gasteiger partial charge in [-0.25, -0.2) is 13.6 Å². The van der Waals surface area contributed by atoms with Crippen LogP contribution in [-0.4, -0.2) is 15.0 Å². The normalized spacial score (nSPS) is 17.1. The van der Waals surface area contributed by atoms with Crippen molar-refractivity contribution in [2.75, 3.05) is 17.6 Å². The monoisotopic (exact) mass is 297 g/mol. The van der Waals surface area contributed by atoms with Crippen molar-refractivity contribution in [3.63, 3.8) is 0 Å². The number of primary sulfonamides is 1.